The van der Waals surface area contributed by atoms with Crippen molar-refractivity contribution in [1.29, 1.82) is 0 Å². The lowest BCUT2D eigenvalue weighted by atomic mass is 9.79. The van der Waals surface area contributed by atoms with Crippen LogP contribution >= 0.6 is 0 Å². The third-order valence-corrected chi connectivity index (χ3v) is 4.58. The van der Waals surface area contributed by atoms with Crippen LogP contribution in [0, 0.1) is 11.8 Å². The molecule has 0 aromatic carbocycles. The van der Waals surface area contributed by atoms with Gasteiger partial charge >= 0.3 is 0 Å². The molecule has 0 amide bonds. The van der Waals surface area contributed by atoms with Gasteiger partial charge in [0.2, 0.25) is 0 Å². The molecule has 2 heteroatoms. The largest absolute Gasteiger partial charge is 0.393 e. The van der Waals surface area contributed by atoms with E-state index in [1.54, 1.807) is 0 Å². The van der Waals surface area contributed by atoms with Crippen molar-refractivity contribution in [2.75, 3.05) is 0 Å². The molecule has 94 valence electrons. The summed E-state index contributed by atoms with van der Waals surface area (Å²) in [4.78, 5) is 0. The Morgan fingerprint density at radius 2 is 1.62 bits per heavy atom. The topological polar surface area (TPSA) is 32.3 Å². The molecule has 2 rings (SSSR count). The Bertz CT molecular complexity index is 211. The van der Waals surface area contributed by atoms with Gasteiger partial charge in [-0.15, -0.1) is 0 Å². The summed E-state index contributed by atoms with van der Waals surface area (Å²) < 4.78 is 0. The van der Waals surface area contributed by atoms with Crippen LogP contribution < -0.4 is 5.32 Å². The van der Waals surface area contributed by atoms with Crippen molar-refractivity contribution >= 4 is 0 Å². The van der Waals surface area contributed by atoms with E-state index in [2.05, 4.69) is 19.2 Å². The molecular formula is C14H27NO. The van der Waals surface area contributed by atoms with Crippen molar-refractivity contribution in [1.82, 2.24) is 5.32 Å². The average Bonchev–Trinajstić information content (AvgIpc) is 2.25. The summed E-state index contributed by atoms with van der Waals surface area (Å²) in [7, 11) is 0. The van der Waals surface area contributed by atoms with Gasteiger partial charge in [-0.25, -0.2) is 0 Å². The zero-order valence-electron chi connectivity index (χ0n) is 10.8. The van der Waals surface area contributed by atoms with Crippen molar-refractivity contribution in [3.63, 3.8) is 0 Å². The third kappa shape index (κ3) is 3.21. The van der Waals surface area contributed by atoms with Crippen LogP contribution in [-0.2, 0) is 0 Å². The highest BCUT2D eigenvalue weighted by atomic mass is 16.3. The second-order valence-corrected chi connectivity index (χ2v) is 6.17. The number of aliphatic hydroxyl groups is 1. The van der Waals surface area contributed by atoms with Crippen molar-refractivity contribution in [3.05, 3.63) is 0 Å². The molecule has 0 heterocycles. The molecule has 0 bridgehead atoms. The summed E-state index contributed by atoms with van der Waals surface area (Å²) in [6.07, 6.45) is 8.41. The third-order valence-electron chi connectivity index (χ3n) is 4.58. The molecule has 2 fully saturated rings. The van der Waals surface area contributed by atoms with Crippen molar-refractivity contribution in [2.45, 2.75) is 77.0 Å². The molecule has 2 aliphatic rings. The lowest BCUT2D eigenvalue weighted by molar-refractivity contribution is 0.106. The van der Waals surface area contributed by atoms with Gasteiger partial charge in [-0.3, -0.25) is 0 Å². The molecule has 0 aromatic heterocycles. The smallest absolute Gasteiger partial charge is 0.0541 e. The fourth-order valence-electron chi connectivity index (χ4n) is 3.46. The van der Waals surface area contributed by atoms with Crippen LogP contribution in [0.4, 0.5) is 0 Å². The Morgan fingerprint density at radius 3 is 2.25 bits per heavy atom. The molecular weight excluding hydrogens is 198 g/mol. The van der Waals surface area contributed by atoms with Gasteiger partial charge in [-0.1, -0.05) is 13.8 Å². The zero-order valence-corrected chi connectivity index (χ0v) is 10.8. The van der Waals surface area contributed by atoms with Gasteiger partial charge in [-0.05, 0) is 56.8 Å². The van der Waals surface area contributed by atoms with E-state index in [1.807, 2.05) is 0 Å². The standard InChI is InChI=1S/C14H27NO/c1-10-3-8-14(11(2)9-10)15-12-4-6-13(16)7-5-12/h10-16H,3-9H2,1-2H3. The summed E-state index contributed by atoms with van der Waals surface area (Å²) in [6, 6.07) is 1.40. The molecule has 0 spiro atoms. The lowest BCUT2D eigenvalue weighted by Crippen LogP contribution is -2.46. The van der Waals surface area contributed by atoms with E-state index in [0.717, 1.165) is 30.7 Å². The molecule has 0 aliphatic heterocycles. The summed E-state index contributed by atoms with van der Waals surface area (Å²) in [5, 5.41) is 13.3. The average molecular weight is 225 g/mol. The van der Waals surface area contributed by atoms with E-state index >= 15 is 0 Å². The van der Waals surface area contributed by atoms with Crippen LogP contribution in [0.2, 0.25) is 0 Å². The van der Waals surface area contributed by atoms with Crippen LogP contribution in [0.25, 0.3) is 0 Å². The molecule has 0 saturated heterocycles. The van der Waals surface area contributed by atoms with E-state index in [9.17, 15) is 5.11 Å². The fraction of sp³-hybridized carbons (Fsp3) is 1.00. The van der Waals surface area contributed by atoms with Gasteiger partial charge < -0.3 is 10.4 Å². The van der Waals surface area contributed by atoms with E-state index < -0.39 is 0 Å². The first-order chi connectivity index (χ1) is 7.65. The Hall–Kier alpha value is -0.0800. The highest BCUT2D eigenvalue weighted by Gasteiger charge is 2.28. The Labute approximate surface area is 99.8 Å². The number of aliphatic hydroxyl groups excluding tert-OH is 1. The minimum absolute atomic E-state index is 0.0261. The molecule has 2 N–H and O–H groups in total. The Balaban J connectivity index is 1.76. The summed E-state index contributed by atoms with van der Waals surface area (Å²) in [6.45, 7) is 4.77. The van der Waals surface area contributed by atoms with Crippen molar-refractivity contribution in [2.24, 2.45) is 11.8 Å². The number of nitrogens with one attached hydrogen (secondary N) is 1. The maximum absolute atomic E-state index is 9.49. The summed E-state index contributed by atoms with van der Waals surface area (Å²) >= 11 is 0. The number of hydrogen-bond acceptors (Lipinski definition) is 2. The molecule has 2 nitrogen and oxygen atoms in total. The number of rotatable bonds is 2. The first-order valence-corrected chi connectivity index (χ1v) is 7.09. The highest BCUT2D eigenvalue weighted by Crippen LogP contribution is 2.30. The SMILES string of the molecule is CC1CCC(NC2CCC(O)CC2)C(C)C1. The maximum atomic E-state index is 9.49. The van der Waals surface area contributed by atoms with E-state index in [-0.39, 0.29) is 6.10 Å². The fourth-order valence-corrected chi connectivity index (χ4v) is 3.46. The molecule has 0 radical (unpaired) electrons. The van der Waals surface area contributed by atoms with Gasteiger partial charge in [0.15, 0.2) is 0 Å². The molecule has 2 saturated carbocycles. The Morgan fingerprint density at radius 1 is 0.938 bits per heavy atom. The second-order valence-electron chi connectivity index (χ2n) is 6.17. The first-order valence-electron chi connectivity index (χ1n) is 7.09. The normalized spacial score (nSPS) is 45.6. The van der Waals surface area contributed by atoms with Gasteiger partial charge in [0, 0.05) is 12.1 Å². The monoisotopic (exact) mass is 225 g/mol. The van der Waals surface area contributed by atoms with Crippen LogP contribution in [0.3, 0.4) is 0 Å². The maximum Gasteiger partial charge on any atom is 0.0541 e. The van der Waals surface area contributed by atoms with Crippen molar-refractivity contribution < 1.29 is 5.11 Å². The van der Waals surface area contributed by atoms with Gasteiger partial charge in [0.25, 0.3) is 0 Å². The molecule has 3 unspecified atom stereocenters. The van der Waals surface area contributed by atoms with E-state index in [0.29, 0.717) is 6.04 Å². The minimum Gasteiger partial charge on any atom is -0.393 e. The lowest BCUT2D eigenvalue weighted by Gasteiger charge is -2.37. The summed E-state index contributed by atoms with van der Waals surface area (Å²) in [5.74, 6) is 1.75. The van der Waals surface area contributed by atoms with Crippen LogP contribution in [0.5, 0.6) is 0 Å². The van der Waals surface area contributed by atoms with Gasteiger partial charge in [0.05, 0.1) is 6.10 Å². The van der Waals surface area contributed by atoms with E-state index in [1.165, 1.54) is 32.1 Å². The molecule has 3 atom stereocenters. The molecule has 16 heavy (non-hydrogen) atoms. The van der Waals surface area contributed by atoms with Gasteiger partial charge in [0.1, 0.15) is 0 Å². The predicted molar refractivity (Wildman–Crippen MR) is 67.4 cm³/mol. The molecule has 0 aromatic rings. The molecule has 2 aliphatic carbocycles. The van der Waals surface area contributed by atoms with E-state index in [4.69, 9.17) is 0 Å². The predicted octanol–water partition coefficient (Wildman–Crippen LogP) is 2.70. The number of hydrogen-bond donors (Lipinski definition) is 2. The first kappa shape index (κ1) is 12.4. The van der Waals surface area contributed by atoms with Gasteiger partial charge in [-0.2, -0.15) is 0 Å². The minimum atomic E-state index is -0.0261. The Kier molecular flexibility index (Phi) is 4.26. The van der Waals surface area contributed by atoms with Crippen LogP contribution in [-0.4, -0.2) is 23.3 Å². The zero-order chi connectivity index (χ0) is 11.5. The quantitative estimate of drug-likeness (QED) is 0.757. The highest BCUT2D eigenvalue weighted by molar-refractivity contribution is 4.86. The van der Waals surface area contributed by atoms with Crippen LogP contribution in [0.15, 0.2) is 0 Å². The van der Waals surface area contributed by atoms with Crippen LogP contribution in [0.1, 0.15) is 58.8 Å². The van der Waals surface area contributed by atoms with Crippen molar-refractivity contribution in [3.8, 4) is 0 Å². The second kappa shape index (κ2) is 5.50. The summed E-state index contributed by atoms with van der Waals surface area (Å²) in [5.41, 5.74) is 0.